The van der Waals surface area contributed by atoms with Gasteiger partial charge in [0.1, 0.15) is 0 Å². The Morgan fingerprint density at radius 2 is 2.00 bits per heavy atom. The number of benzene rings is 2. The Labute approximate surface area is 135 Å². The average Bonchev–Trinajstić information content (AvgIpc) is 2.75. The van der Waals surface area contributed by atoms with E-state index in [0.29, 0.717) is 0 Å². The molecule has 0 atom stereocenters. The first kappa shape index (κ1) is 13.9. The van der Waals surface area contributed by atoms with Gasteiger partial charge in [-0.2, -0.15) is 0 Å². The van der Waals surface area contributed by atoms with E-state index in [4.69, 9.17) is 11.6 Å². The summed E-state index contributed by atoms with van der Waals surface area (Å²) in [6, 6.07) is 14.5. The SMILES string of the molecule is Cc1cc(Br)ccc1NCc1sc2ccccc2c1Cl. The van der Waals surface area contributed by atoms with Crippen LogP contribution in [0.3, 0.4) is 0 Å². The zero-order valence-corrected chi connectivity index (χ0v) is 14.1. The molecule has 1 aromatic heterocycles. The molecule has 1 heterocycles. The van der Waals surface area contributed by atoms with Crippen molar-refractivity contribution in [3.8, 4) is 0 Å². The lowest BCUT2D eigenvalue weighted by atomic mass is 10.2. The van der Waals surface area contributed by atoms with Crippen molar-refractivity contribution in [1.82, 2.24) is 0 Å². The number of halogens is 2. The Kier molecular flexibility index (Phi) is 4.01. The van der Waals surface area contributed by atoms with E-state index in [1.807, 2.05) is 18.2 Å². The van der Waals surface area contributed by atoms with Gasteiger partial charge in [0.15, 0.2) is 0 Å². The number of thiophene rings is 1. The van der Waals surface area contributed by atoms with Crippen molar-refractivity contribution in [1.29, 1.82) is 0 Å². The molecule has 3 rings (SSSR count). The highest BCUT2D eigenvalue weighted by Gasteiger charge is 2.09. The molecule has 1 nitrogen and oxygen atoms in total. The number of hydrogen-bond acceptors (Lipinski definition) is 2. The van der Waals surface area contributed by atoms with Gasteiger partial charge in [0.05, 0.1) is 11.6 Å². The van der Waals surface area contributed by atoms with Crippen molar-refractivity contribution in [3.63, 3.8) is 0 Å². The molecule has 0 saturated heterocycles. The summed E-state index contributed by atoms with van der Waals surface area (Å²) in [6.07, 6.45) is 0. The van der Waals surface area contributed by atoms with E-state index in [0.717, 1.165) is 27.1 Å². The summed E-state index contributed by atoms with van der Waals surface area (Å²) in [4.78, 5) is 1.18. The van der Waals surface area contributed by atoms with E-state index in [1.54, 1.807) is 11.3 Å². The van der Waals surface area contributed by atoms with Crippen LogP contribution in [-0.2, 0) is 6.54 Å². The number of fused-ring (bicyclic) bond motifs is 1. The van der Waals surface area contributed by atoms with Gasteiger partial charge < -0.3 is 5.32 Å². The molecule has 20 heavy (non-hydrogen) atoms. The number of anilines is 1. The fourth-order valence-corrected chi connectivity index (χ4v) is 4.09. The molecule has 0 fully saturated rings. The van der Waals surface area contributed by atoms with E-state index in [1.165, 1.54) is 15.1 Å². The number of hydrogen-bond donors (Lipinski definition) is 1. The Bertz CT molecular complexity index is 766. The van der Waals surface area contributed by atoms with Crippen LogP contribution in [0.2, 0.25) is 5.02 Å². The quantitative estimate of drug-likeness (QED) is 0.578. The summed E-state index contributed by atoms with van der Waals surface area (Å²) >= 11 is 11.7. The van der Waals surface area contributed by atoms with Crippen LogP contribution in [0, 0.1) is 6.92 Å². The third kappa shape index (κ3) is 2.71. The second kappa shape index (κ2) is 5.76. The second-order valence-electron chi connectivity index (χ2n) is 4.65. The highest BCUT2D eigenvalue weighted by Crippen LogP contribution is 2.35. The Morgan fingerprint density at radius 1 is 1.20 bits per heavy atom. The van der Waals surface area contributed by atoms with E-state index < -0.39 is 0 Å². The summed E-state index contributed by atoms with van der Waals surface area (Å²) in [5.74, 6) is 0. The van der Waals surface area contributed by atoms with Crippen LogP contribution in [0.5, 0.6) is 0 Å². The van der Waals surface area contributed by atoms with Crippen LogP contribution in [-0.4, -0.2) is 0 Å². The topological polar surface area (TPSA) is 12.0 Å². The fraction of sp³-hybridized carbons (Fsp3) is 0.125. The first-order chi connectivity index (χ1) is 9.65. The molecular formula is C16H13BrClNS. The van der Waals surface area contributed by atoms with Gasteiger partial charge in [-0.1, -0.05) is 45.7 Å². The standard InChI is InChI=1S/C16H13BrClNS/c1-10-8-11(17)6-7-13(10)19-9-15-16(18)12-4-2-3-5-14(12)20-15/h2-8,19H,9H2,1H3. The van der Waals surface area contributed by atoms with E-state index in [2.05, 4.69) is 52.4 Å². The number of rotatable bonds is 3. The zero-order chi connectivity index (χ0) is 14.1. The summed E-state index contributed by atoms with van der Waals surface area (Å²) in [7, 11) is 0. The molecular weight excluding hydrogens is 354 g/mol. The third-order valence-corrected chi connectivity index (χ3v) is 5.44. The monoisotopic (exact) mass is 365 g/mol. The Morgan fingerprint density at radius 3 is 2.75 bits per heavy atom. The van der Waals surface area contributed by atoms with Crippen LogP contribution in [0.15, 0.2) is 46.9 Å². The predicted molar refractivity (Wildman–Crippen MR) is 93.0 cm³/mol. The minimum Gasteiger partial charge on any atom is -0.380 e. The van der Waals surface area contributed by atoms with Crippen molar-refractivity contribution >= 4 is 54.6 Å². The maximum atomic E-state index is 6.45. The lowest BCUT2D eigenvalue weighted by molar-refractivity contribution is 1.18. The van der Waals surface area contributed by atoms with Gasteiger partial charge in [0.2, 0.25) is 0 Å². The highest BCUT2D eigenvalue weighted by molar-refractivity contribution is 9.10. The maximum absolute atomic E-state index is 6.45. The third-order valence-electron chi connectivity index (χ3n) is 3.23. The molecule has 0 aliphatic heterocycles. The molecule has 0 saturated carbocycles. The highest BCUT2D eigenvalue weighted by atomic mass is 79.9. The maximum Gasteiger partial charge on any atom is 0.0642 e. The van der Waals surface area contributed by atoms with Gasteiger partial charge in [-0.05, 0) is 36.8 Å². The van der Waals surface area contributed by atoms with Gasteiger partial charge in [-0.25, -0.2) is 0 Å². The minimum absolute atomic E-state index is 0.751. The lowest BCUT2D eigenvalue weighted by Crippen LogP contribution is -1.99. The fourth-order valence-electron chi connectivity index (χ4n) is 2.18. The van der Waals surface area contributed by atoms with Crippen molar-refractivity contribution < 1.29 is 0 Å². The summed E-state index contributed by atoms with van der Waals surface area (Å²) in [5.41, 5.74) is 2.36. The van der Waals surface area contributed by atoms with E-state index >= 15 is 0 Å². The van der Waals surface area contributed by atoms with Crippen molar-refractivity contribution in [3.05, 3.63) is 62.4 Å². The zero-order valence-electron chi connectivity index (χ0n) is 10.9. The molecule has 0 radical (unpaired) electrons. The molecule has 0 bridgehead atoms. The van der Waals surface area contributed by atoms with Gasteiger partial charge in [0, 0.05) is 25.1 Å². The van der Waals surface area contributed by atoms with Crippen LogP contribution in [0.4, 0.5) is 5.69 Å². The Balaban J connectivity index is 1.85. The summed E-state index contributed by atoms with van der Waals surface area (Å²) < 4.78 is 2.34. The molecule has 0 aliphatic rings. The largest absolute Gasteiger partial charge is 0.380 e. The molecule has 2 aromatic carbocycles. The first-order valence-electron chi connectivity index (χ1n) is 6.31. The van der Waals surface area contributed by atoms with Crippen LogP contribution in [0.25, 0.3) is 10.1 Å². The van der Waals surface area contributed by atoms with Crippen LogP contribution >= 0.6 is 38.9 Å². The van der Waals surface area contributed by atoms with E-state index in [-0.39, 0.29) is 0 Å². The number of nitrogens with one attached hydrogen (secondary N) is 1. The smallest absolute Gasteiger partial charge is 0.0642 e. The number of aryl methyl sites for hydroxylation is 1. The van der Waals surface area contributed by atoms with Gasteiger partial charge in [-0.15, -0.1) is 11.3 Å². The molecule has 0 unspecified atom stereocenters. The molecule has 1 N–H and O–H groups in total. The van der Waals surface area contributed by atoms with E-state index in [9.17, 15) is 0 Å². The van der Waals surface area contributed by atoms with Crippen molar-refractivity contribution in [2.24, 2.45) is 0 Å². The predicted octanol–water partition coefficient (Wildman–Crippen LogP) is 6.24. The normalized spacial score (nSPS) is 10.9. The minimum atomic E-state index is 0.751. The molecule has 4 heteroatoms. The van der Waals surface area contributed by atoms with Crippen molar-refractivity contribution in [2.45, 2.75) is 13.5 Å². The summed E-state index contributed by atoms with van der Waals surface area (Å²) in [6.45, 7) is 2.85. The van der Waals surface area contributed by atoms with Crippen LogP contribution < -0.4 is 5.32 Å². The molecule has 102 valence electrons. The van der Waals surface area contributed by atoms with Crippen molar-refractivity contribution in [2.75, 3.05) is 5.32 Å². The first-order valence-corrected chi connectivity index (χ1v) is 8.30. The summed E-state index contributed by atoms with van der Waals surface area (Å²) in [5, 5.41) is 5.47. The molecule has 3 aromatic rings. The van der Waals surface area contributed by atoms with Gasteiger partial charge in [0.25, 0.3) is 0 Å². The van der Waals surface area contributed by atoms with Crippen LogP contribution in [0.1, 0.15) is 10.4 Å². The van der Waals surface area contributed by atoms with Gasteiger partial charge >= 0.3 is 0 Å². The average molecular weight is 367 g/mol. The molecule has 0 aliphatic carbocycles. The molecule has 0 amide bonds. The Hall–Kier alpha value is -1.03. The molecule has 0 spiro atoms. The lowest BCUT2D eigenvalue weighted by Gasteiger charge is -2.09. The van der Waals surface area contributed by atoms with Gasteiger partial charge in [-0.3, -0.25) is 0 Å². The second-order valence-corrected chi connectivity index (χ2v) is 7.08.